The first-order chi connectivity index (χ1) is 5.90. The number of nitrogens with zero attached hydrogens (tertiary/aromatic N) is 2. The summed E-state index contributed by atoms with van der Waals surface area (Å²) in [5, 5.41) is 4.86. The van der Waals surface area contributed by atoms with Gasteiger partial charge in [-0.3, -0.25) is 0 Å². The summed E-state index contributed by atoms with van der Waals surface area (Å²) in [5.41, 5.74) is 0. The molecule has 0 bridgehead atoms. The number of hydrogen-bond acceptors (Lipinski definition) is 5. The molecule has 0 aliphatic carbocycles. The van der Waals surface area contributed by atoms with Crippen LogP contribution in [0.1, 0.15) is 0 Å². The Balaban J connectivity index is 2.35. The van der Waals surface area contributed by atoms with Gasteiger partial charge in [0.25, 0.3) is 0 Å². The SMILES string of the molecule is CNc1cnc(-c2cnco2)s1. The largest absolute Gasteiger partial charge is 0.441 e. The number of thiazole rings is 1. The standard InChI is InChI=1S/C7H7N3OS/c1-8-6-3-10-7(12-6)5-2-9-4-11-5/h2-4,8H,1H3. The fourth-order valence-electron chi connectivity index (χ4n) is 0.825. The maximum absolute atomic E-state index is 5.09. The van der Waals surface area contributed by atoms with E-state index in [0.29, 0.717) is 5.76 Å². The monoisotopic (exact) mass is 181 g/mol. The van der Waals surface area contributed by atoms with Crippen molar-refractivity contribution in [2.45, 2.75) is 0 Å². The Morgan fingerprint density at radius 3 is 3.00 bits per heavy atom. The lowest BCUT2D eigenvalue weighted by molar-refractivity contribution is 0.571. The second kappa shape index (κ2) is 2.94. The fraction of sp³-hybridized carbons (Fsp3) is 0.143. The summed E-state index contributed by atoms with van der Waals surface area (Å²) in [6.45, 7) is 0. The molecule has 2 aromatic heterocycles. The molecular weight excluding hydrogens is 174 g/mol. The number of anilines is 1. The first-order valence-corrected chi connectivity index (χ1v) is 4.24. The Kier molecular flexibility index (Phi) is 1.79. The van der Waals surface area contributed by atoms with E-state index in [2.05, 4.69) is 15.3 Å². The molecule has 2 aromatic rings. The summed E-state index contributed by atoms with van der Waals surface area (Å²) in [6, 6.07) is 0. The maximum Gasteiger partial charge on any atom is 0.183 e. The molecule has 0 spiro atoms. The number of oxazole rings is 1. The molecule has 12 heavy (non-hydrogen) atoms. The molecule has 4 nitrogen and oxygen atoms in total. The summed E-state index contributed by atoms with van der Waals surface area (Å²) in [4.78, 5) is 7.96. The first kappa shape index (κ1) is 7.30. The first-order valence-electron chi connectivity index (χ1n) is 3.42. The molecule has 5 heteroatoms. The van der Waals surface area contributed by atoms with Crippen molar-refractivity contribution in [2.75, 3.05) is 12.4 Å². The van der Waals surface area contributed by atoms with Crippen LogP contribution in [0.3, 0.4) is 0 Å². The van der Waals surface area contributed by atoms with E-state index in [1.165, 1.54) is 17.7 Å². The predicted molar refractivity (Wildman–Crippen MR) is 47.2 cm³/mol. The van der Waals surface area contributed by atoms with Gasteiger partial charge in [0, 0.05) is 7.05 Å². The summed E-state index contributed by atoms with van der Waals surface area (Å²) < 4.78 is 5.09. The van der Waals surface area contributed by atoms with E-state index >= 15 is 0 Å². The molecule has 0 unspecified atom stereocenters. The molecule has 2 heterocycles. The summed E-state index contributed by atoms with van der Waals surface area (Å²) in [7, 11) is 1.86. The van der Waals surface area contributed by atoms with E-state index in [0.717, 1.165) is 10.0 Å². The highest BCUT2D eigenvalue weighted by Gasteiger charge is 2.05. The molecule has 0 radical (unpaired) electrons. The number of rotatable bonds is 2. The van der Waals surface area contributed by atoms with Crippen molar-refractivity contribution in [3.63, 3.8) is 0 Å². The average Bonchev–Trinajstić information content (AvgIpc) is 2.75. The minimum absolute atomic E-state index is 0.710. The zero-order chi connectivity index (χ0) is 8.39. The van der Waals surface area contributed by atoms with Crippen molar-refractivity contribution in [3.05, 3.63) is 18.8 Å². The second-order valence-electron chi connectivity index (χ2n) is 2.15. The number of hydrogen-bond donors (Lipinski definition) is 1. The molecule has 0 saturated heterocycles. The van der Waals surface area contributed by atoms with Gasteiger partial charge in [0.1, 0.15) is 5.00 Å². The van der Waals surface area contributed by atoms with Crippen LogP contribution in [0.5, 0.6) is 0 Å². The van der Waals surface area contributed by atoms with Crippen LogP contribution < -0.4 is 5.32 Å². The zero-order valence-electron chi connectivity index (χ0n) is 6.44. The van der Waals surface area contributed by atoms with Gasteiger partial charge in [-0.1, -0.05) is 11.3 Å². The lowest BCUT2D eigenvalue weighted by atomic mass is 10.5. The van der Waals surface area contributed by atoms with Gasteiger partial charge in [0.05, 0.1) is 12.4 Å². The van der Waals surface area contributed by atoms with Crippen molar-refractivity contribution in [1.82, 2.24) is 9.97 Å². The molecular formula is C7H7N3OS. The van der Waals surface area contributed by atoms with Crippen molar-refractivity contribution in [2.24, 2.45) is 0 Å². The lowest BCUT2D eigenvalue weighted by Gasteiger charge is -1.87. The molecule has 2 rings (SSSR count). The van der Waals surface area contributed by atoms with Crippen LogP contribution >= 0.6 is 11.3 Å². The Bertz CT molecular complexity index is 354. The van der Waals surface area contributed by atoms with Crippen molar-refractivity contribution >= 4 is 16.3 Å². The van der Waals surface area contributed by atoms with Gasteiger partial charge in [-0.25, -0.2) is 9.97 Å². The Labute approximate surface area is 73.3 Å². The second-order valence-corrected chi connectivity index (χ2v) is 3.18. The normalized spacial score (nSPS) is 10.1. The van der Waals surface area contributed by atoms with E-state index < -0.39 is 0 Å². The van der Waals surface area contributed by atoms with E-state index in [-0.39, 0.29) is 0 Å². The molecule has 0 aromatic carbocycles. The van der Waals surface area contributed by atoms with Crippen LogP contribution in [-0.2, 0) is 0 Å². The highest BCUT2D eigenvalue weighted by molar-refractivity contribution is 7.18. The van der Waals surface area contributed by atoms with Gasteiger partial charge < -0.3 is 9.73 Å². The van der Waals surface area contributed by atoms with E-state index in [1.807, 2.05) is 7.05 Å². The lowest BCUT2D eigenvalue weighted by Crippen LogP contribution is -1.80. The van der Waals surface area contributed by atoms with E-state index in [9.17, 15) is 0 Å². The Morgan fingerprint density at radius 2 is 2.42 bits per heavy atom. The molecule has 0 aliphatic heterocycles. The van der Waals surface area contributed by atoms with Gasteiger partial charge in [-0.2, -0.15) is 0 Å². The summed E-state index contributed by atoms with van der Waals surface area (Å²) >= 11 is 1.53. The third-order valence-corrected chi connectivity index (χ3v) is 2.42. The van der Waals surface area contributed by atoms with E-state index in [1.54, 1.807) is 12.4 Å². The predicted octanol–water partition coefficient (Wildman–Crippen LogP) is 1.84. The molecule has 1 N–H and O–H groups in total. The van der Waals surface area contributed by atoms with Gasteiger partial charge in [-0.05, 0) is 0 Å². The minimum atomic E-state index is 0.710. The van der Waals surface area contributed by atoms with E-state index in [4.69, 9.17) is 4.42 Å². The van der Waals surface area contributed by atoms with Crippen LogP contribution in [0.15, 0.2) is 23.2 Å². The number of nitrogens with one attached hydrogen (secondary N) is 1. The van der Waals surface area contributed by atoms with Crippen molar-refractivity contribution in [3.8, 4) is 10.8 Å². The van der Waals surface area contributed by atoms with Gasteiger partial charge in [0.15, 0.2) is 17.2 Å². The molecule has 62 valence electrons. The highest BCUT2D eigenvalue weighted by Crippen LogP contribution is 2.27. The fourth-order valence-corrected chi connectivity index (χ4v) is 1.55. The van der Waals surface area contributed by atoms with Crippen LogP contribution in [-0.4, -0.2) is 17.0 Å². The van der Waals surface area contributed by atoms with Crippen LogP contribution in [0.25, 0.3) is 10.8 Å². The third kappa shape index (κ3) is 1.18. The van der Waals surface area contributed by atoms with Crippen LogP contribution in [0, 0.1) is 0 Å². The molecule has 0 saturated carbocycles. The highest BCUT2D eigenvalue weighted by atomic mass is 32.1. The smallest absolute Gasteiger partial charge is 0.183 e. The molecule has 0 fully saturated rings. The van der Waals surface area contributed by atoms with Crippen LogP contribution in [0.4, 0.5) is 5.00 Å². The average molecular weight is 181 g/mol. The Morgan fingerprint density at radius 1 is 1.50 bits per heavy atom. The topological polar surface area (TPSA) is 51.0 Å². The molecule has 0 amide bonds. The Hall–Kier alpha value is -1.36. The van der Waals surface area contributed by atoms with Gasteiger partial charge in [0.2, 0.25) is 0 Å². The summed E-state index contributed by atoms with van der Waals surface area (Å²) in [6.07, 6.45) is 4.82. The minimum Gasteiger partial charge on any atom is -0.441 e. The van der Waals surface area contributed by atoms with Crippen molar-refractivity contribution in [1.29, 1.82) is 0 Å². The van der Waals surface area contributed by atoms with Gasteiger partial charge >= 0.3 is 0 Å². The molecule has 0 aliphatic rings. The maximum atomic E-state index is 5.09. The van der Waals surface area contributed by atoms with Crippen LogP contribution in [0.2, 0.25) is 0 Å². The third-order valence-electron chi connectivity index (χ3n) is 1.40. The zero-order valence-corrected chi connectivity index (χ0v) is 7.26. The van der Waals surface area contributed by atoms with Gasteiger partial charge in [-0.15, -0.1) is 0 Å². The van der Waals surface area contributed by atoms with Crippen molar-refractivity contribution < 1.29 is 4.42 Å². The quantitative estimate of drug-likeness (QED) is 0.768. The number of aromatic nitrogens is 2. The molecule has 0 atom stereocenters. The summed E-state index contributed by atoms with van der Waals surface area (Å²) in [5.74, 6) is 0.710.